The van der Waals surface area contributed by atoms with Gasteiger partial charge >= 0.3 is 0 Å². The summed E-state index contributed by atoms with van der Waals surface area (Å²) in [6, 6.07) is 11.7. The zero-order valence-electron chi connectivity index (χ0n) is 17.6. The van der Waals surface area contributed by atoms with Gasteiger partial charge < -0.3 is 14.9 Å². The fourth-order valence-corrected chi connectivity index (χ4v) is 4.85. The second-order valence-corrected chi connectivity index (χ2v) is 8.76. The summed E-state index contributed by atoms with van der Waals surface area (Å²) in [6.07, 6.45) is 5.33. The molecule has 6 heteroatoms. The Balaban J connectivity index is 1.44. The Morgan fingerprint density at radius 3 is 2.67 bits per heavy atom. The number of amides is 2. The van der Waals surface area contributed by atoms with Crippen molar-refractivity contribution in [1.82, 2.24) is 14.8 Å². The number of aliphatic hydroxyl groups is 1. The van der Waals surface area contributed by atoms with Crippen LogP contribution in [0.2, 0.25) is 0 Å². The van der Waals surface area contributed by atoms with Gasteiger partial charge in [0.15, 0.2) is 0 Å². The fourth-order valence-electron chi connectivity index (χ4n) is 4.85. The maximum Gasteiger partial charge on any atom is 0.228 e. The molecule has 0 spiro atoms. The van der Waals surface area contributed by atoms with Crippen molar-refractivity contribution in [1.29, 1.82) is 0 Å². The van der Waals surface area contributed by atoms with E-state index >= 15 is 0 Å². The number of pyridine rings is 1. The van der Waals surface area contributed by atoms with Crippen LogP contribution in [-0.2, 0) is 16.0 Å². The zero-order valence-corrected chi connectivity index (χ0v) is 17.6. The predicted molar refractivity (Wildman–Crippen MR) is 114 cm³/mol. The number of nitrogens with zero attached hydrogens (tertiary/aromatic N) is 3. The van der Waals surface area contributed by atoms with Crippen molar-refractivity contribution in [2.24, 2.45) is 5.92 Å². The van der Waals surface area contributed by atoms with E-state index in [4.69, 9.17) is 0 Å². The first-order valence-corrected chi connectivity index (χ1v) is 10.6. The lowest BCUT2D eigenvalue weighted by molar-refractivity contribution is -0.140. The highest BCUT2D eigenvalue weighted by atomic mass is 16.3. The molecule has 158 valence electrons. The van der Waals surface area contributed by atoms with Crippen molar-refractivity contribution in [3.05, 3.63) is 65.5 Å². The summed E-state index contributed by atoms with van der Waals surface area (Å²) in [7, 11) is 1.75. The number of rotatable bonds is 4. The number of benzene rings is 1. The highest BCUT2D eigenvalue weighted by Crippen LogP contribution is 2.38. The van der Waals surface area contributed by atoms with Crippen molar-refractivity contribution in [2.45, 2.75) is 44.2 Å². The van der Waals surface area contributed by atoms with E-state index in [9.17, 15) is 14.7 Å². The van der Waals surface area contributed by atoms with E-state index in [1.54, 1.807) is 24.3 Å². The zero-order chi connectivity index (χ0) is 21.3. The van der Waals surface area contributed by atoms with Gasteiger partial charge in [-0.25, -0.2) is 0 Å². The van der Waals surface area contributed by atoms with Gasteiger partial charge in [0.05, 0.1) is 17.6 Å². The molecule has 2 atom stereocenters. The molecule has 2 aliphatic rings. The summed E-state index contributed by atoms with van der Waals surface area (Å²) < 4.78 is 0. The third-order valence-electron chi connectivity index (χ3n) is 6.55. The molecule has 1 aromatic heterocycles. The number of hydrogen-bond acceptors (Lipinski definition) is 4. The van der Waals surface area contributed by atoms with Crippen molar-refractivity contribution in [2.75, 3.05) is 20.1 Å². The summed E-state index contributed by atoms with van der Waals surface area (Å²) in [5.41, 5.74) is 2.39. The van der Waals surface area contributed by atoms with Gasteiger partial charge in [0.1, 0.15) is 0 Å². The number of hydrogen-bond donors (Lipinski definition) is 1. The first-order valence-electron chi connectivity index (χ1n) is 10.6. The SMILES string of the molecule is Cc1cccc(CC2(O)CCN(C(=O)C3CC(=O)N(C)C3c3cccnc3)CC2)c1. The number of aryl methyl sites for hydroxylation is 1. The molecule has 3 heterocycles. The van der Waals surface area contributed by atoms with Crippen LogP contribution in [0.4, 0.5) is 0 Å². The lowest BCUT2D eigenvalue weighted by Gasteiger charge is -2.40. The van der Waals surface area contributed by atoms with Gasteiger partial charge in [-0.15, -0.1) is 0 Å². The first kappa shape index (κ1) is 20.5. The highest BCUT2D eigenvalue weighted by molar-refractivity contribution is 5.90. The van der Waals surface area contributed by atoms with Crippen molar-refractivity contribution in [3.8, 4) is 0 Å². The molecule has 0 bridgehead atoms. The second kappa shape index (κ2) is 8.19. The lowest BCUT2D eigenvalue weighted by Crippen LogP contribution is -2.49. The van der Waals surface area contributed by atoms with Crippen LogP contribution in [0.25, 0.3) is 0 Å². The van der Waals surface area contributed by atoms with Gasteiger partial charge in [-0.2, -0.15) is 0 Å². The average Bonchev–Trinajstić information content (AvgIpc) is 3.03. The number of piperidine rings is 1. The average molecular weight is 408 g/mol. The fraction of sp³-hybridized carbons (Fsp3) is 0.458. The molecule has 1 N–H and O–H groups in total. The predicted octanol–water partition coefficient (Wildman–Crippen LogP) is 2.51. The Bertz CT molecular complexity index is 922. The largest absolute Gasteiger partial charge is 0.389 e. The molecule has 2 amide bonds. The Kier molecular flexibility index (Phi) is 5.60. The standard InChI is InChI=1S/C24H29N3O3/c1-17-5-3-6-18(13-17)15-24(30)8-11-27(12-9-24)23(29)20-14-21(28)26(2)22(20)19-7-4-10-25-16-19/h3-7,10,13,16,20,22,30H,8-9,11-12,14-15H2,1-2H3. The van der Waals surface area contributed by atoms with E-state index in [1.807, 2.05) is 42.2 Å². The molecule has 0 aliphatic carbocycles. The van der Waals surface area contributed by atoms with Gasteiger partial charge in [-0.1, -0.05) is 35.9 Å². The quantitative estimate of drug-likeness (QED) is 0.845. The first-order chi connectivity index (χ1) is 14.4. The number of likely N-dealkylation sites (tertiary alicyclic amines) is 2. The van der Waals surface area contributed by atoms with Gasteiger partial charge in [-0.3, -0.25) is 14.6 Å². The summed E-state index contributed by atoms with van der Waals surface area (Å²) in [5.74, 6) is -0.427. The highest BCUT2D eigenvalue weighted by Gasteiger charge is 2.45. The summed E-state index contributed by atoms with van der Waals surface area (Å²) in [6.45, 7) is 3.07. The van der Waals surface area contributed by atoms with Crippen LogP contribution >= 0.6 is 0 Å². The van der Waals surface area contributed by atoms with Crippen LogP contribution < -0.4 is 0 Å². The molecule has 2 fully saturated rings. The smallest absolute Gasteiger partial charge is 0.228 e. The van der Waals surface area contributed by atoms with Crippen LogP contribution in [0, 0.1) is 12.8 Å². The molecule has 0 saturated carbocycles. The summed E-state index contributed by atoms with van der Waals surface area (Å²) in [4.78, 5) is 33.4. The molecule has 0 radical (unpaired) electrons. The van der Waals surface area contributed by atoms with Crippen LogP contribution in [0.15, 0.2) is 48.8 Å². The Morgan fingerprint density at radius 2 is 2.00 bits per heavy atom. The third kappa shape index (κ3) is 4.10. The van der Waals surface area contributed by atoms with E-state index in [-0.39, 0.29) is 24.3 Å². The molecule has 4 rings (SSSR count). The maximum absolute atomic E-state index is 13.3. The van der Waals surface area contributed by atoms with E-state index in [1.165, 1.54) is 5.56 Å². The van der Waals surface area contributed by atoms with Gasteiger partial charge in [0.2, 0.25) is 11.8 Å². The normalized spacial score (nSPS) is 23.6. The van der Waals surface area contributed by atoms with Gasteiger partial charge in [-0.05, 0) is 37.0 Å². The Labute approximate surface area is 177 Å². The van der Waals surface area contributed by atoms with Gasteiger partial charge in [0, 0.05) is 45.4 Å². The molecule has 2 saturated heterocycles. The van der Waals surface area contributed by atoms with E-state index < -0.39 is 11.5 Å². The maximum atomic E-state index is 13.3. The Morgan fingerprint density at radius 1 is 1.23 bits per heavy atom. The van der Waals surface area contributed by atoms with Crippen molar-refractivity contribution in [3.63, 3.8) is 0 Å². The second-order valence-electron chi connectivity index (χ2n) is 8.76. The molecule has 6 nitrogen and oxygen atoms in total. The van der Waals surface area contributed by atoms with Crippen molar-refractivity contribution < 1.29 is 14.7 Å². The summed E-state index contributed by atoms with van der Waals surface area (Å²) >= 11 is 0. The van der Waals surface area contributed by atoms with Crippen LogP contribution in [0.3, 0.4) is 0 Å². The van der Waals surface area contributed by atoms with Crippen LogP contribution in [0.1, 0.15) is 42.0 Å². The number of carbonyl (C=O) groups excluding carboxylic acids is 2. The molecule has 2 aliphatic heterocycles. The molecule has 2 unspecified atom stereocenters. The molecule has 1 aromatic carbocycles. The summed E-state index contributed by atoms with van der Waals surface area (Å²) in [5, 5.41) is 11.1. The third-order valence-corrected chi connectivity index (χ3v) is 6.55. The monoisotopic (exact) mass is 407 g/mol. The lowest BCUT2D eigenvalue weighted by atomic mass is 9.84. The van der Waals surface area contributed by atoms with E-state index in [0.717, 1.165) is 11.1 Å². The topological polar surface area (TPSA) is 73.7 Å². The molecular weight excluding hydrogens is 378 g/mol. The number of aromatic nitrogens is 1. The minimum atomic E-state index is -0.796. The van der Waals surface area contributed by atoms with Crippen LogP contribution in [0.5, 0.6) is 0 Å². The molecule has 30 heavy (non-hydrogen) atoms. The Hall–Kier alpha value is -2.73. The minimum Gasteiger partial charge on any atom is -0.389 e. The number of carbonyl (C=O) groups is 2. The minimum absolute atomic E-state index is 0.000779. The van der Waals surface area contributed by atoms with Gasteiger partial charge in [0.25, 0.3) is 0 Å². The molecule has 2 aromatic rings. The van der Waals surface area contributed by atoms with Crippen molar-refractivity contribution >= 4 is 11.8 Å². The molecular formula is C24H29N3O3. The van der Waals surface area contributed by atoms with Crippen LogP contribution in [-0.4, -0.2) is 57.4 Å². The van der Waals surface area contributed by atoms with E-state index in [0.29, 0.717) is 32.4 Å². The van der Waals surface area contributed by atoms with E-state index in [2.05, 4.69) is 11.1 Å².